The molecule has 0 bridgehead atoms. The number of benzene rings is 2. The number of aromatic nitrogens is 3. The number of nitrogens with zero attached hydrogens (tertiary/aromatic N) is 4. The Morgan fingerprint density at radius 1 is 1.00 bits per heavy atom. The highest BCUT2D eigenvalue weighted by atomic mass is 32.2. The van der Waals surface area contributed by atoms with Gasteiger partial charge in [0.15, 0.2) is 5.16 Å². The van der Waals surface area contributed by atoms with Crippen LogP contribution in [0.25, 0.3) is 5.69 Å². The summed E-state index contributed by atoms with van der Waals surface area (Å²) in [6.07, 6.45) is 3.85. The van der Waals surface area contributed by atoms with E-state index in [1.165, 1.54) is 17.3 Å². The van der Waals surface area contributed by atoms with Gasteiger partial charge in [0, 0.05) is 25.2 Å². The maximum absolute atomic E-state index is 12.5. The third-order valence-corrected chi connectivity index (χ3v) is 6.28. The van der Waals surface area contributed by atoms with Crippen molar-refractivity contribution < 1.29 is 9.53 Å². The van der Waals surface area contributed by atoms with Crippen LogP contribution in [0.2, 0.25) is 0 Å². The molecule has 1 aliphatic heterocycles. The molecule has 0 N–H and O–H groups in total. The number of thioether (sulfide) groups is 1. The Labute approximate surface area is 187 Å². The number of hydrogen-bond acceptors (Lipinski definition) is 5. The van der Waals surface area contributed by atoms with Gasteiger partial charge in [-0.05, 0) is 56.0 Å². The largest absolute Gasteiger partial charge is 0.494 e. The molecule has 1 amide bonds. The van der Waals surface area contributed by atoms with Crippen molar-refractivity contribution in [1.29, 1.82) is 0 Å². The molecule has 1 aliphatic rings. The van der Waals surface area contributed by atoms with E-state index in [-0.39, 0.29) is 5.91 Å². The van der Waals surface area contributed by atoms with E-state index in [4.69, 9.17) is 4.74 Å². The lowest BCUT2D eigenvalue weighted by Gasteiger charge is -2.15. The molecule has 1 saturated heterocycles. The van der Waals surface area contributed by atoms with Crippen molar-refractivity contribution in [2.75, 3.05) is 25.4 Å². The van der Waals surface area contributed by atoms with Crippen molar-refractivity contribution in [3.05, 3.63) is 66.0 Å². The van der Waals surface area contributed by atoms with Crippen molar-refractivity contribution >= 4 is 17.7 Å². The molecule has 0 spiro atoms. The predicted molar refractivity (Wildman–Crippen MR) is 123 cm³/mol. The topological polar surface area (TPSA) is 60.2 Å². The quantitative estimate of drug-likeness (QED) is 0.471. The molecular weight excluding hydrogens is 408 g/mol. The number of rotatable bonds is 9. The fraction of sp³-hybridized carbons (Fsp3) is 0.375. The normalized spacial score (nSPS) is 13.5. The summed E-state index contributed by atoms with van der Waals surface area (Å²) < 4.78 is 7.65. The van der Waals surface area contributed by atoms with Gasteiger partial charge in [0.25, 0.3) is 0 Å². The van der Waals surface area contributed by atoms with Gasteiger partial charge in [0.05, 0.1) is 12.4 Å². The third-order valence-electron chi connectivity index (χ3n) is 5.37. The first-order valence-electron chi connectivity index (χ1n) is 10.9. The fourth-order valence-corrected chi connectivity index (χ4v) is 4.63. The first-order valence-corrected chi connectivity index (χ1v) is 11.8. The minimum Gasteiger partial charge on any atom is -0.494 e. The number of likely N-dealkylation sites (tertiary alicyclic amines) is 1. The van der Waals surface area contributed by atoms with Crippen LogP contribution in [-0.2, 0) is 17.6 Å². The number of aryl methyl sites for hydroxylation is 2. The predicted octanol–water partition coefficient (Wildman–Crippen LogP) is 4.17. The van der Waals surface area contributed by atoms with Crippen molar-refractivity contribution in [1.82, 2.24) is 19.7 Å². The number of carbonyl (C=O) groups is 1. The van der Waals surface area contributed by atoms with Crippen molar-refractivity contribution in [2.24, 2.45) is 0 Å². The van der Waals surface area contributed by atoms with Crippen molar-refractivity contribution in [3.8, 4) is 11.4 Å². The van der Waals surface area contributed by atoms with E-state index in [2.05, 4.69) is 39.0 Å². The average molecular weight is 437 g/mol. The zero-order chi connectivity index (χ0) is 21.5. The van der Waals surface area contributed by atoms with E-state index in [1.807, 2.05) is 42.2 Å². The molecule has 7 heteroatoms. The van der Waals surface area contributed by atoms with Crippen LogP contribution in [0.15, 0.2) is 59.8 Å². The van der Waals surface area contributed by atoms with E-state index in [0.717, 1.165) is 61.2 Å². The highest BCUT2D eigenvalue weighted by Crippen LogP contribution is 2.25. The van der Waals surface area contributed by atoms with Crippen LogP contribution in [0.5, 0.6) is 5.75 Å². The second-order valence-electron chi connectivity index (χ2n) is 7.52. The highest BCUT2D eigenvalue weighted by molar-refractivity contribution is 7.99. The van der Waals surface area contributed by atoms with Gasteiger partial charge in [-0.1, -0.05) is 42.1 Å². The molecule has 1 fully saturated rings. The van der Waals surface area contributed by atoms with Crippen molar-refractivity contribution in [3.63, 3.8) is 0 Å². The molecule has 0 unspecified atom stereocenters. The number of ether oxygens (including phenoxy) is 1. The summed E-state index contributed by atoms with van der Waals surface area (Å²) in [6.45, 7) is 4.34. The van der Waals surface area contributed by atoms with E-state index in [9.17, 15) is 4.79 Å². The Kier molecular flexibility index (Phi) is 7.25. The smallest absolute Gasteiger partial charge is 0.233 e. The Morgan fingerprint density at radius 2 is 1.74 bits per heavy atom. The van der Waals surface area contributed by atoms with Crippen LogP contribution in [0, 0.1) is 0 Å². The summed E-state index contributed by atoms with van der Waals surface area (Å²) in [5, 5.41) is 9.66. The second-order valence-corrected chi connectivity index (χ2v) is 8.47. The summed E-state index contributed by atoms with van der Waals surface area (Å²) in [6, 6.07) is 18.4. The van der Waals surface area contributed by atoms with Gasteiger partial charge in [-0.15, -0.1) is 10.2 Å². The molecule has 6 nitrogen and oxygen atoms in total. The summed E-state index contributed by atoms with van der Waals surface area (Å²) in [4.78, 5) is 14.5. The first kappa shape index (κ1) is 21.4. The summed E-state index contributed by atoms with van der Waals surface area (Å²) in [5.41, 5.74) is 2.25. The molecule has 1 aromatic heterocycles. The van der Waals surface area contributed by atoms with Gasteiger partial charge in [-0.25, -0.2) is 0 Å². The van der Waals surface area contributed by atoms with Crippen LogP contribution in [-0.4, -0.2) is 51.0 Å². The van der Waals surface area contributed by atoms with Crippen LogP contribution < -0.4 is 4.74 Å². The Bertz CT molecular complexity index is 983. The molecule has 2 heterocycles. The Hall–Kier alpha value is -2.80. The molecule has 2 aromatic carbocycles. The van der Waals surface area contributed by atoms with E-state index < -0.39 is 0 Å². The third kappa shape index (κ3) is 5.47. The first-order chi connectivity index (χ1) is 15.2. The molecule has 31 heavy (non-hydrogen) atoms. The molecular formula is C24H28N4O2S. The SMILES string of the molecule is CCOc1ccc(-n2c(CCc3ccccc3)nnc2SCC(=O)N2CCCC2)cc1. The van der Waals surface area contributed by atoms with E-state index in [0.29, 0.717) is 12.4 Å². The number of carbonyl (C=O) groups excluding carboxylic acids is 1. The number of amides is 1. The van der Waals surface area contributed by atoms with Gasteiger partial charge in [-0.3, -0.25) is 9.36 Å². The second kappa shape index (κ2) is 10.5. The maximum Gasteiger partial charge on any atom is 0.233 e. The maximum atomic E-state index is 12.5. The zero-order valence-corrected chi connectivity index (χ0v) is 18.7. The molecule has 0 radical (unpaired) electrons. The molecule has 162 valence electrons. The van der Waals surface area contributed by atoms with Gasteiger partial charge < -0.3 is 9.64 Å². The zero-order valence-electron chi connectivity index (χ0n) is 17.9. The van der Waals surface area contributed by atoms with Crippen LogP contribution in [0.4, 0.5) is 0 Å². The molecule has 4 rings (SSSR count). The highest BCUT2D eigenvalue weighted by Gasteiger charge is 2.20. The molecule has 0 atom stereocenters. The molecule has 3 aromatic rings. The summed E-state index contributed by atoms with van der Waals surface area (Å²) in [5.74, 6) is 2.29. The fourth-order valence-electron chi connectivity index (χ4n) is 3.76. The van der Waals surface area contributed by atoms with E-state index in [1.54, 1.807) is 0 Å². The van der Waals surface area contributed by atoms with Crippen LogP contribution in [0.3, 0.4) is 0 Å². The minimum absolute atomic E-state index is 0.176. The average Bonchev–Trinajstić information content (AvgIpc) is 3.48. The summed E-state index contributed by atoms with van der Waals surface area (Å²) >= 11 is 1.46. The monoisotopic (exact) mass is 436 g/mol. The lowest BCUT2D eigenvalue weighted by Crippen LogP contribution is -2.29. The summed E-state index contributed by atoms with van der Waals surface area (Å²) in [7, 11) is 0. The molecule has 0 aliphatic carbocycles. The van der Waals surface area contributed by atoms with Gasteiger partial charge in [0.2, 0.25) is 5.91 Å². The minimum atomic E-state index is 0.176. The van der Waals surface area contributed by atoms with Gasteiger partial charge in [-0.2, -0.15) is 0 Å². The van der Waals surface area contributed by atoms with Crippen LogP contribution >= 0.6 is 11.8 Å². The number of hydrogen-bond donors (Lipinski definition) is 0. The van der Waals surface area contributed by atoms with Gasteiger partial charge in [0.1, 0.15) is 11.6 Å². The van der Waals surface area contributed by atoms with E-state index >= 15 is 0 Å². The van der Waals surface area contributed by atoms with Crippen molar-refractivity contribution in [2.45, 2.75) is 37.8 Å². The standard InChI is InChI=1S/C24H28N4O2S/c1-2-30-21-13-11-20(12-14-21)28-22(15-10-19-8-4-3-5-9-19)25-26-24(28)31-18-23(29)27-16-6-7-17-27/h3-5,8-9,11-14H,2,6-7,10,15-18H2,1H3. The Morgan fingerprint density at radius 3 is 2.45 bits per heavy atom. The van der Waals surface area contributed by atoms with Gasteiger partial charge >= 0.3 is 0 Å². The van der Waals surface area contributed by atoms with Crippen LogP contribution in [0.1, 0.15) is 31.2 Å². The lowest BCUT2D eigenvalue weighted by molar-refractivity contribution is -0.127. The Balaban J connectivity index is 1.54. The molecule has 0 saturated carbocycles. The lowest BCUT2D eigenvalue weighted by atomic mass is 10.1.